The third-order valence-electron chi connectivity index (χ3n) is 2.96. The molecule has 1 aliphatic rings. The van der Waals surface area contributed by atoms with Gasteiger partial charge < -0.3 is 9.84 Å². The minimum atomic E-state index is -0.491. The normalized spacial score (nSPS) is 15.1. The van der Waals surface area contributed by atoms with Gasteiger partial charge in [-0.3, -0.25) is 10.2 Å². The van der Waals surface area contributed by atoms with Crippen molar-refractivity contribution in [2.24, 2.45) is 0 Å². The second-order valence-electron chi connectivity index (χ2n) is 4.51. The Morgan fingerprint density at radius 1 is 1.43 bits per heavy atom. The predicted molar refractivity (Wildman–Crippen MR) is 74.8 cm³/mol. The Bertz CT molecular complexity index is 560. The maximum atomic E-state index is 13.4. The summed E-state index contributed by atoms with van der Waals surface area (Å²) in [6, 6.07) is 3.89. The highest BCUT2D eigenvalue weighted by Gasteiger charge is 2.17. The molecule has 0 saturated carbocycles. The van der Waals surface area contributed by atoms with Gasteiger partial charge in [-0.05, 0) is 18.2 Å². The number of carbonyl (C=O) groups excluding carboxylic acids is 1. The van der Waals surface area contributed by atoms with Gasteiger partial charge in [0.15, 0.2) is 0 Å². The van der Waals surface area contributed by atoms with Crippen LogP contribution < -0.4 is 5.43 Å². The first kappa shape index (κ1) is 15.4. The number of benzene rings is 1. The lowest BCUT2D eigenvalue weighted by atomic mass is 10.1. The molecule has 1 aliphatic heterocycles. The van der Waals surface area contributed by atoms with Crippen LogP contribution >= 0.6 is 0 Å². The van der Waals surface area contributed by atoms with E-state index < -0.39 is 11.7 Å². The monoisotopic (exact) mass is 292 g/mol. The molecule has 1 aromatic rings. The molecule has 5 nitrogen and oxygen atoms in total. The van der Waals surface area contributed by atoms with E-state index in [2.05, 4.69) is 17.3 Å². The van der Waals surface area contributed by atoms with Crippen molar-refractivity contribution < 1.29 is 19.0 Å². The Morgan fingerprint density at radius 2 is 2.19 bits per heavy atom. The molecule has 0 unspecified atom stereocenters. The molecule has 0 spiro atoms. The van der Waals surface area contributed by atoms with E-state index in [0.717, 1.165) is 0 Å². The van der Waals surface area contributed by atoms with Gasteiger partial charge in [-0.1, -0.05) is 11.8 Å². The summed E-state index contributed by atoms with van der Waals surface area (Å²) in [6.07, 6.45) is 0.307. The van der Waals surface area contributed by atoms with Crippen LogP contribution in [0.1, 0.15) is 22.3 Å². The number of amides is 1. The quantitative estimate of drug-likeness (QED) is 0.798. The first-order valence-electron chi connectivity index (χ1n) is 6.73. The molecule has 0 aromatic heterocycles. The highest BCUT2D eigenvalue weighted by atomic mass is 19.1. The van der Waals surface area contributed by atoms with Gasteiger partial charge in [-0.25, -0.2) is 9.40 Å². The number of nitrogens with one attached hydrogen (secondary N) is 1. The fourth-order valence-corrected chi connectivity index (χ4v) is 1.91. The molecule has 0 bridgehead atoms. The lowest BCUT2D eigenvalue weighted by Gasteiger charge is -2.27. The van der Waals surface area contributed by atoms with E-state index in [1.807, 2.05) is 0 Å². The molecule has 21 heavy (non-hydrogen) atoms. The average Bonchev–Trinajstić information content (AvgIpc) is 2.50. The molecule has 0 aliphatic carbocycles. The first-order chi connectivity index (χ1) is 10.2. The van der Waals surface area contributed by atoms with Crippen LogP contribution in [0.5, 0.6) is 0 Å². The summed E-state index contributed by atoms with van der Waals surface area (Å²) in [5.74, 6) is 4.62. The molecular weight excluding hydrogens is 275 g/mol. The van der Waals surface area contributed by atoms with Crippen LogP contribution in [0.15, 0.2) is 18.2 Å². The minimum Gasteiger partial charge on any atom is -0.395 e. The average molecular weight is 292 g/mol. The minimum absolute atomic E-state index is 0.0521. The molecular formula is C15H17FN2O3. The van der Waals surface area contributed by atoms with Gasteiger partial charge in [0.05, 0.1) is 25.4 Å². The Morgan fingerprint density at radius 3 is 2.90 bits per heavy atom. The van der Waals surface area contributed by atoms with Crippen LogP contribution in [0.3, 0.4) is 0 Å². The third-order valence-corrected chi connectivity index (χ3v) is 2.96. The Labute approximate surface area is 122 Å². The zero-order chi connectivity index (χ0) is 15.1. The van der Waals surface area contributed by atoms with Crippen LogP contribution in [0.4, 0.5) is 4.39 Å². The molecule has 2 rings (SSSR count). The molecule has 1 fully saturated rings. The van der Waals surface area contributed by atoms with E-state index in [1.165, 1.54) is 18.2 Å². The molecule has 1 aromatic carbocycles. The summed E-state index contributed by atoms with van der Waals surface area (Å²) >= 11 is 0. The Hall–Kier alpha value is -1.94. The number of carbonyl (C=O) groups is 1. The van der Waals surface area contributed by atoms with Gasteiger partial charge in [-0.15, -0.1) is 0 Å². The molecule has 1 heterocycles. The van der Waals surface area contributed by atoms with Crippen molar-refractivity contribution in [2.45, 2.75) is 6.42 Å². The molecule has 1 amide bonds. The van der Waals surface area contributed by atoms with Gasteiger partial charge in [0.1, 0.15) is 5.82 Å². The zero-order valence-corrected chi connectivity index (χ0v) is 11.6. The van der Waals surface area contributed by atoms with Crippen molar-refractivity contribution >= 4 is 5.91 Å². The smallest absolute Gasteiger partial charge is 0.266 e. The van der Waals surface area contributed by atoms with Crippen molar-refractivity contribution in [2.75, 3.05) is 32.9 Å². The number of hydrazine groups is 1. The summed E-state index contributed by atoms with van der Waals surface area (Å²) in [4.78, 5) is 12.2. The van der Waals surface area contributed by atoms with Crippen molar-refractivity contribution in [3.8, 4) is 11.8 Å². The summed E-state index contributed by atoms with van der Waals surface area (Å²) in [7, 11) is 0. The van der Waals surface area contributed by atoms with Crippen LogP contribution in [0.2, 0.25) is 0 Å². The fourth-order valence-electron chi connectivity index (χ4n) is 1.91. The number of ether oxygens (including phenoxy) is 1. The molecule has 0 atom stereocenters. The second-order valence-corrected chi connectivity index (χ2v) is 4.51. The van der Waals surface area contributed by atoms with Gasteiger partial charge in [0, 0.05) is 25.1 Å². The largest absolute Gasteiger partial charge is 0.395 e. The zero-order valence-electron chi connectivity index (χ0n) is 11.6. The standard InChI is InChI=1S/C15H17FN2O3/c16-13-5-4-12(3-1-2-8-19)14(11-13)15(20)17-18-6-9-21-10-7-18/h4-5,11,19H,2,6-10H2,(H,17,20). The van der Waals surface area contributed by atoms with Crippen LogP contribution in [0.25, 0.3) is 0 Å². The Kier molecular flexibility index (Phi) is 5.69. The number of hydrogen-bond acceptors (Lipinski definition) is 4. The number of morpholine rings is 1. The molecule has 0 radical (unpaired) electrons. The van der Waals surface area contributed by atoms with Gasteiger partial charge >= 0.3 is 0 Å². The van der Waals surface area contributed by atoms with E-state index in [-0.39, 0.29) is 12.2 Å². The van der Waals surface area contributed by atoms with E-state index in [1.54, 1.807) is 5.01 Å². The number of aliphatic hydroxyl groups is 1. The second kappa shape index (κ2) is 7.74. The SMILES string of the molecule is O=C(NN1CCOCC1)c1cc(F)ccc1C#CCCO. The molecule has 6 heteroatoms. The highest BCUT2D eigenvalue weighted by Crippen LogP contribution is 2.11. The van der Waals surface area contributed by atoms with Crippen molar-refractivity contribution in [1.82, 2.24) is 10.4 Å². The van der Waals surface area contributed by atoms with Crippen LogP contribution in [-0.2, 0) is 4.74 Å². The maximum Gasteiger partial charge on any atom is 0.266 e. The van der Waals surface area contributed by atoms with E-state index in [4.69, 9.17) is 9.84 Å². The third kappa shape index (κ3) is 4.53. The topological polar surface area (TPSA) is 61.8 Å². The van der Waals surface area contributed by atoms with Crippen LogP contribution in [0, 0.1) is 17.7 Å². The number of rotatable bonds is 3. The number of nitrogens with zero attached hydrogens (tertiary/aromatic N) is 1. The molecule has 112 valence electrons. The van der Waals surface area contributed by atoms with Gasteiger partial charge in [0.25, 0.3) is 5.91 Å². The number of hydrogen-bond donors (Lipinski definition) is 2. The lowest BCUT2D eigenvalue weighted by molar-refractivity contribution is 0.0126. The highest BCUT2D eigenvalue weighted by molar-refractivity contribution is 5.96. The summed E-state index contributed by atoms with van der Waals surface area (Å²) in [5, 5.41) is 10.5. The molecule has 1 saturated heterocycles. The summed E-state index contributed by atoms with van der Waals surface area (Å²) < 4.78 is 18.6. The summed E-state index contributed by atoms with van der Waals surface area (Å²) in [6.45, 7) is 2.22. The Balaban J connectivity index is 2.14. The van der Waals surface area contributed by atoms with Crippen molar-refractivity contribution in [3.63, 3.8) is 0 Å². The van der Waals surface area contributed by atoms with E-state index >= 15 is 0 Å². The maximum absolute atomic E-state index is 13.4. The first-order valence-corrected chi connectivity index (χ1v) is 6.73. The van der Waals surface area contributed by atoms with Gasteiger partial charge in [-0.2, -0.15) is 0 Å². The van der Waals surface area contributed by atoms with Gasteiger partial charge in [0.2, 0.25) is 0 Å². The fraction of sp³-hybridized carbons (Fsp3) is 0.400. The lowest BCUT2D eigenvalue weighted by Crippen LogP contribution is -2.48. The van der Waals surface area contributed by atoms with E-state index in [9.17, 15) is 9.18 Å². The van der Waals surface area contributed by atoms with E-state index in [0.29, 0.717) is 38.3 Å². The predicted octanol–water partition coefficient (Wildman–Crippen LogP) is 0.537. The number of aliphatic hydroxyl groups excluding tert-OH is 1. The molecule has 2 N–H and O–H groups in total. The van der Waals surface area contributed by atoms with Crippen molar-refractivity contribution in [3.05, 3.63) is 35.1 Å². The number of halogens is 1. The van der Waals surface area contributed by atoms with Crippen molar-refractivity contribution in [1.29, 1.82) is 0 Å². The summed E-state index contributed by atoms with van der Waals surface area (Å²) in [5.41, 5.74) is 3.35. The van der Waals surface area contributed by atoms with Crippen LogP contribution in [-0.4, -0.2) is 48.9 Å².